The first-order chi connectivity index (χ1) is 9.95. The summed E-state index contributed by atoms with van der Waals surface area (Å²) in [5, 5.41) is 0. The summed E-state index contributed by atoms with van der Waals surface area (Å²) in [5.74, 6) is 0. The largest absolute Gasteiger partial charge is 0.385 e. The second kappa shape index (κ2) is 11.4. The van der Waals surface area contributed by atoms with Gasteiger partial charge in [0.25, 0.3) is 0 Å². The third-order valence-electron chi connectivity index (χ3n) is 3.83. The van der Waals surface area contributed by atoms with Gasteiger partial charge in [-0.3, -0.25) is 0 Å². The number of rotatable bonds is 14. The van der Waals surface area contributed by atoms with Crippen LogP contribution in [0.5, 0.6) is 0 Å². The zero-order chi connectivity index (χ0) is 16.2. The van der Waals surface area contributed by atoms with Gasteiger partial charge in [0.05, 0.1) is 11.2 Å². The third-order valence-corrected chi connectivity index (χ3v) is 3.83. The van der Waals surface area contributed by atoms with E-state index in [9.17, 15) is 0 Å². The molecule has 0 radical (unpaired) electrons. The highest BCUT2D eigenvalue weighted by molar-refractivity contribution is 4.84. The molecule has 0 fully saturated rings. The molecule has 0 aromatic heterocycles. The van der Waals surface area contributed by atoms with Crippen molar-refractivity contribution < 1.29 is 23.7 Å². The van der Waals surface area contributed by atoms with E-state index >= 15 is 0 Å². The van der Waals surface area contributed by atoms with Gasteiger partial charge < -0.3 is 23.7 Å². The van der Waals surface area contributed by atoms with Crippen LogP contribution in [0.25, 0.3) is 0 Å². The second-order valence-electron chi connectivity index (χ2n) is 5.97. The molecule has 0 aliphatic rings. The van der Waals surface area contributed by atoms with E-state index in [0.29, 0.717) is 26.4 Å². The minimum absolute atomic E-state index is 0.276. The number of hydrogen-bond acceptors (Lipinski definition) is 5. The lowest BCUT2D eigenvalue weighted by molar-refractivity contribution is -0.171. The molecular formula is C16H34O5. The van der Waals surface area contributed by atoms with Gasteiger partial charge in [-0.05, 0) is 39.5 Å². The molecule has 0 aliphatic heterocycles. The maximum atomic E-state index is 6.51. The summed E-state index contributed by atoms with van der Waals surface area (Å²) < 4.78 is 27.4. The highest BCUT2D eigenvalue weighted by Crippen LogP contribution is 2.31. The molecule has 0 amide bonds. The average Bonchev–Trinajstić information content (AvgIpc) is 2.47. The molecule has 0 bridgehead atoms. The number of methoxy groups -OCH3 is 4. The minimum atomic E-state index is -0.276. The zero-order valence-corrected chi connectivity index (χ0v) is 14.7. The van der Waals surface area contributed by atoms with Gasteiger partial charge in [-0.15, -0.1) is 0 Å². The van der Waals surface area contributed by atoms with Crippen molar-refractivity contribution >= 4 is 0 Å². The molecule has 5 nitrogen and oxygen atoms in total. The van der Waals surface area contributed by atoms with Crippen molar-refractivity contribution in [3.8, 4) is 0 Å². The van der Waals surface area contributed by atoms with Crippen LogP contribution in [0.4, 0.5) is 0 Å². The van der Waals surface area contributed by atoms with Gasteiger partial charge in [0.15, 0.2) is 0 Å². The fourth-order valence-electron chi connectivity index (χ4n) is 2.32. The molecule has 0 heterocycles. The molecule has 0 atom stereocenters. The molecule has 0 N–H and O–H groups in total. The molecular weight excluding hydrogens is 272 g/mol. The maximum absolute atomic E-state index is 6.51. The first-order valence-corrected chi connectivity index (χ1v) is 7.61. The standard InChI is InChI=1S/C16H34O5/c1-15(7-11-17-3,8-12-18-4)21-16(2,9-13-19-5)10-14-20-6/h7-14H2,1-6H3. The summed E-state index contributed by atoms with van der Waals surface area (Å²) in [6, 6.07) is 0. The smallest absolute Gasteiger partial charge is 0.0705 e. The quantitative estimate of drug-likeness (QED) is 0.494. The van der Waals surface area contributed by atoms with Crippen molar-refractivity contribution in [2.45, 2.75) is 50.7 Å². The topological polar surface area (TPSA) is 46.2 Å². The fraction of sp³-hybridized carbons (Fsp3) is 1.00. The van der Waals surface area contributed by atoms with E-state index in [1.807, 2.05) is 0 Å². The molecule has 0 aliphatic carbocycles. The number of hydrogen-bond donors (Lipinski definition) is 0. The molecule has 0 aromatic carbocycles. The van der Waals surface area contributed by atoms with E-state index in [1.54, 1.807) is 28.4 Å². The van der Waals surface area contributed by atoms with Crippen molar-refractivity contribution in [3.63, 3.8) is 0 Å². The third kappa shape index (κ3) is 9.42. The number of ether oxygens (including phenoxy) is 5. The zero-order valence-electron chi connectivity index (χ0n) is 14.7. The van der Waals surface area contributed by atoms with Crippen molar-refractivity contribution in [2.75, 3.05) is 54.9 Å². The fourth-order valence-corrected chi connectivity index (χ4v) is 2.32. The van der Waals surface area contributed by atoms with Crippen LogP contribution in [-0.2, 0) is 23.7 Å². The predicted molar refractivity (Wildman–Crippen MR) is 83.9 cm³/mol. The van der Waals surface area contributed by atoms with E-state index in [2.05, 4.69) is 13.8 Å². The van der Waals surface area contributed by atoms with Crippen LogP contribution in [0.2, 0.25) is 0 Å². The van der Waals surface area contributed by atoms with Gasteiger partial charge in [-0.2, -0.15) is 0 Å². The lowest BCUT2D eigenvalue weighted by Crippen LogP contribution is -2.44. The Morgan fingerprint density at radius 3 is 0.952 bits per heavy atom. The molecule has 0 spiro atoms. The minimum Gasteiger partial charge on any atom is -0.385 e. The molecule has 5 heteroatoms. The van der Waals surface area contributed by atoms with Crippen LogP contribution in [0.15, 0.2) is 0 Å². The molecule has 0 aromatic rings. The lowest BCUT2D eigenvalue weighted by atomic mass is 9.92. The van der Waals surface area contributed by atoms with E-state index in [-0.39, 0.29) is 11.2 Å². The monoisotopic (exact) mass is 306 g/mol. The predicted octanol–water partition coefficient (Wildman–Crippen LogP) is 2.67. The summed E-state index contributed by atoms with van der Waals surface area (Å²) in [4.78, 5) is 0. The Kier molecular flexibility index (Phi) is 11.3. The summed E-state index contributed by atoms with van der Waals surface area (Å²) in [7, 11) is 6.86. The van der Waals surface area contributed by atoms with E-state index < -0.39 is 0 Å². The molecule has 0 saturated heterocycles. The molecule has 128 valence electrons. The maximum Gasteiger partial charge on any atom is 0.0705 e. The Bertz CT molecular complexity index is 205. The van der Waals surface area contributed by atoms with Crippen molar-refractivity contribution in [3.05, 3.63) is 0 Å². The first-order valence-electron chi connectivity index (χ1n) is 7.61. The molecule has 0 unspecified atom stereocenters. The SMILES string of the molecule is COCCC(C)(CCOC)OC(C)(CCOC)CCOC. The molecule has 0 rings (SSSR count). The molecule has 21 heavy (non-hydrogen) atoms. The van der Waals surface area contributed by atoms with Crippen molar-refractivity contribution in [1.82, 2.24) is 0 Å². The summed E-state index contributed by atoms with van der Waals surface area (Å²) in [6.45, 7) is 6.94. The lowest BCUT2D eigenvalue weighted by Gasteiger charge is -2.41. The Hall–Kier alpha value is -0.200. The summed E-state index contributed by atoms with van der Waals surface area (Å²) in [6.07, 6.45) is 3.34. The van der Waals surface area contributed by atoms with Gasteiger partial charge in [0.2, 0.25) is 0 Å². The van der Waals surface area contributed by atoms with Crippen LogP contribution >= 0.6 is 0 Å². The van der Waals surface area contributed by atoms with Crippen LogP contribution in [0.3, 0.4) is 0 Å². The van der Waals surface area contributed by atoms with Gasteiger partial charge in [-0.1, -0.05) is 0 Å². The Labute approximate surface area is 130 Å². The Balaban J connectivity index is 4.80. The highest BCUT2D eigenvalue weighted by Gasteiger charge is 2.35. The van der Waals surface area contributed by atoms with Crippen molar-refractivity contribution in [2.24, 2.45) is 0 Å². The van der Waals surface area contributed by atoms with Gasteiger partial charge in [-0.25, -0.2) is 0 Å². The van der Waals surface area contributed by atoms with Gasteiger partial charge in [0, 0.05) is 54.9 Å². The highest BCUT2D eigenvalue weighted by atomic mass is 16.5. The van der Waals surface area contributed by atoms with E-state index in [4.69, 9.17) is 23.7 Å². The van der Waals surface area contributed by atoms with Crippen LogP contribution in [-0.4, -0.2) is 66.1 Å². The summed E-state index contributed by atoms with van der Waals surface area (Å²) >= 11 is 0. The van der Waals surface area contributed by atoms with Crippen LogP contribution < -0.4 is 0 Å². The van der Waals surface area contributed by atoms with Crippen LogP contribution in [0, 0.1) is 0 Å². The normalized spacial score (nSPS) is 12.9. The Morgan fingerprint density at radius 1 is 0.524 bits per heavy atom. The van der Waals surface area contributed by atoms with E-state index in [0.717, 1.165) is 25.7 Å². The second-order valence-corrected chi connectivity index (χ2v) is 5.97. The average molecular weight is 306 g/mol. The van der Waals surface area contributed by atoms with Crippen LogP contribution in [0.1, 0.15) is 39.5 Å². The van der Waals surface area contributed by atoms with Gasteiger partial charge in [0.1, 0.15) is 0 Å². The summed E-state index contributed by atoms with van der Waals surface area (Å²) in [5.41, 5.74) is -0.551. The van der Waals surface area contributed by atoms with E-state index in [1.165, 1.54) is 0 Å². The van der Waals surface area contributed by atoms with Crippen molar-refractivity contribution in [1.29, 1.82) is 0 Å². The molecule has 0 saturated carbocycles. The first kappa shape index (κ1) is 20.8. The van der Waals surface area contributed by atoms with Gasteiger partial charge >= 0.3 is 0 Å². The Morgan fingerprint density at radius 2 is 0.762 bits per heavy atom.